The summed E-state index contributed by atoms with van der Waals surface area (Å²) >= 11 is 1.52. The SMILES string of the molecule is CCCOc1c(/C=N\Nc2nc(C)cs2)cccc1OC. The highest BCUT2D eigenvalue weighted by Gasteiger charge is 2.08. The minimum Gasteiger partial charge on any atom is -0.493 e. The van der Waals surface area contributed by atoms with Crippen molar-refractivity contribution in [2.24, 2.45) is 5.10 Å². The van der Waals surface area contributed by atoms with Gasteiger partial charge < -0.3 is 9.47 Å². The van der Waals surface area contributed by atoms with Crippen molar-refractivity contribution in [1.29, 1.82) is 0 Å². The van der Waals surface area contributed by atoms with E-state index in [0.29, 0.717) is 18.1 Å². The average molecular weight is 305 g/mol. The van der Waals surface area contributed by atoms with Crippen LogP contribution in [0.5, 0.6) is 11.5 Å². The van der Waals surface area contributed by atoms with Gasteiger partial charge in [0.2, 0.25) is 5.13 Å². The molecule has 1 aromatic carbocycles. The molecular weight excluding hydrogens is 286 g/mol. The molecule has 2 aromatic rings. The zero-order chi connectivity index (χ0) is 15.1. The molecule has 2 rings (SSSR count). The number of anilines is 1. The van der Waals surface area contributed by atoms with Crippen LogP contribution >= 0.6 is 11.3 Å². The van der Waals surface area contributed by atoms with E-state index in [1.54, 1.807) is 13.3 Å². The maximum Gasteiger partial charge on any atom is 0.203 e. The largest absolute Gasteiger partial charge is 0.493 e. The average Bonchev–Trinajstić information content (AvgIpc) is 2.91. The fraction of sp³-hybridized carbons (Fsp3) is 0.333. The fourth-order valence-electron chi connectivity index (χ4n) is 1.72. The van der Waals surface area contributed by atoms with Crippen LogP contribution in [0.4, 0.5) is 5.13 Å². The van der Waals surface area contributed by atoms with Gasteiger partial charge in [-0.3, -0.25) is 5.43 Å². The number of hydrogen-bond donors (Lipinski definition) is 1. The molecular formula is C15H19N3O2S. The molecule has 5 nitrogen and oxygen atoms in total. The number of aromatic nitrogens is 1. The first-order valence-electron chi connectivity index (χ1n) is 6.75. The Balaban J connectivity index is 2.14. The molecule has 0 atom stereocenters. The van der Waals surface area contributed by atoms with Crippen LogP contribution in [0.15, 0.2) is 28.7 Å². The van der Waals surface area contributed by atoms with Crippen LogP contribution < -0.4 is 14.9 Å². The second kappa shape index (κ2) is 7.64. The number of nitrogens with zero attached hydrogens (tertiary/aromatic N) is 2. The van der Waals surface area contributed by atoms with Gasteiger partial charge in [-0.2, -0.15) is 5.10 Å². The van der Waals surface area contributed by atoms with Crippen LogP contribution in [0.3, 0.4) is 0 Å². The van der Waals surface area contributed by atoms with Crippen LogP contribution in [0, 0.1) is 6.92 Å². The summed E-state index contributed by atoms with van der Waals surface area (Å²) in [4.78, 5) is 4.29. The summed E-state index contributed by atoms with van der Waals surface area (Å²) in [5.41, 5.74) is 4.76. The first-order chi connectivity index (χ1) is 10.2. The highest BCUT2D eigenvalue weighted by Crippen LogP contribution is 2.30. The number of nitrogens with one attached hydrogen (secondary N) is 1. The van der Waals surface area contributed by atoms with E-state index in [2.05, 4.69) is 22.4 Å². The van der Waals surface area contributed by atoms with Gasteiger partial charge in [0.15, 0.2) is 11.5 Å². The van der Waals surface area contributed by atoms with Crippen LogP contribution in [0.25, 0.3) is 0 Å². The van der Waals surface area contributed by atoms with E-state index < -0.39 is 0 Å². The third-order valence-electron chi connectivity index (χ3n) is 2.66. The van der Waals surface area contributed by atoms with Gasteiger partial charge >= 0.3 is 0 Å². The summed E-state index contributed by atoms with van der Waals surface area (Å²) < 4.78 is 11.1. The number of hydrazone groups is 1. The third kappa shape index (κ3) is 4.19. The molecule has 112 valence electrons. The standard InChI is InChI=1S/C15H19N3O2S/c1-4-8-20-14-12(6-5-7-13(14)19-3)9-16-18-15-17-11(2)10-21-15/h5-7,9-10H,4,8H2,1-3H3,(H,17,18)/b16-9-. The number of rotatable bonds is 7. The second-order valence-corrected chi connectivity index (χ2v) is 5.25. The number of para-hydroxylation sites is 1. The topological polar surface area (TPSA) is 55.7 Å². The fourth-order valence-corrected chi connectivity index (χ4v) is 2.35. The number of aryl methyl sites for hydroxylation is 1. The van der Waals surface area contributed by atoms with Crippen molar-refractivity contribution in [3.05, 3.63) is 34.8 Å². The normalized spacial score (nSPS) is 10.8. The number of thiazole rings is 1. The van der Waals surface area contributed by atoms with E-state index >= 15 is 0 Å². The van der Waals surface area contributed by atoms with Crippen LogP contribution in [-0.2, 0) is 0 Å². The van der Waals surface area contributed by atoms with E-state index in [1.807, 2.05) is 30.5 Å². The molecule has 0 amide bonds. The minimum absolute atomic E-state index is 0.639. The molecule has 0 aliphatic rings. The molecule has 0 spiro atoms. The molecule has 21 heavy (non-hydrogen) atoms. The van der Waals surface area contributed by atoms with Crippen LogP contribution in [0.2, 0.25) is 0 Å². The summed E-state index contributed by atoms with van der Waals surface area (Å²) in [6, 6.07) is 5.72. The van der Waals surface area contributed by atoms with Gasteiger partial charge in [0.05, 0.1) is 25.6 Å². The summed E-state index contributed by atoms with van der Waals surface area (Å²) in [6.07, 6.45) is 2.65. The molecule has 0 fully saturated rings. The highest BCUT2D eigenvalue weighted by atomic mass is 32.1. The quantitative estimate of drug-likeness (QED) is 0.626. The Hall–Kier alpha value is -2.08. The third-order valence-corrected chi connectivity index (χ3v) is 3.53. The van der Waals surface area contributed by atoms with Gasteiger partial charge in [0.25, 0.3) is 0 Å². The van der Waals surface area contributed by atoms with Crippen molar-refractivity contribution >= 4 is 22.7 Å². The summed E-state index contributed by atoms with van der Waals surface area (Å²) in [5.74, 6) is 1.42. The Morgan fingerprint density at radius 1 is 1.43 bits per heavy atom. The van der Waals surface area contributed by atoms with Crippen LogP contribution in [0.1, 0.15) is 24.6 Å². The molecule has 0 saturated heterocycles. The maximum absolute atomic E-state index is 5.76. The van der Waals surface area contributed by atoms with Gasteiger partial charge in [-0.15, -0.1) is 11.3 Å². The number of hydrogen-bond acceptors (Lipinski definition) is 6. The second-order valence-electron chi connectivity index (χ2n) is 4.39. The Kier molecular flexibility index (Phi) is 5.57. The van der Waals surface area contributed by atoms with Crippen LogP contribution in [-0.4, -0.2) is 24.9 Å². The molecule has 1 heterocycles. The zero-order valence-corrected chi connectivity index (χ0v) is 13.2. The van der Waals surface area contributed by atoms with E-state index in [-0.39, 0.29) is 0 Å². The molecule has 6 heteroatoms. The Labute approximate surface area is 128 Å². The van der Waals surface area contributed by atoms with Gasteiger partial charge in [0, 0.05) is 10.9 Å². The molecule has 1 N–H and O–H groups in total. The Bertz CT molecular complexity index is 611. The number of methoxy groups -OCH3 is 1. The Morgan fingerprint density at radius 3 is 2.95 bits per heavy atom. The van der Waals surface area contributed by atoms with Crippen molar-refractivity contribution in [3.8, 4) is 11.5 Å². The molecule has 0 aliphatic carbocycles. The van der Waals surface area contributed by atoms with Crippen molar-refractivity contribution < 1.29 is 9.47 Å². The highest BCUT2D eigenvalue weighted by molar-refractivity contribution is 7.13. The van der Waals surface area contributed by atoms with Gasteiger partial charge in [0.1, 0.15) is 0 Å². The zero-order valence-electron chi connectivity index (χ0n) is 12.4. The van der Waals surface area contributed by atoms with Crippen molar-refractivity contribution in [2.45, 2.75) is 20.3 Å². The summed E-state index contributed by atoms with van der Waals surface area (Å²) in [6.45, 7) is 4.65. The monoisotopic (exact) mass is 305 g/mol. The molecule has 0 aliphatic heterocycles. The summed E-state index contributed by atoms with van der Waals surface area (Å²) in [7, 11) is 1.63. The first kappa shape index (κ1) is 15.3. The van der Waals surface area contributed by atoms with Crippen molar-refractivity contribution in [1.82, 2.24) is 4.98 Å². The van der Waals surface area contributed by atoms with Gasteiger partial charge in [-0.1, -0.05) is 13.0 Å². The predicted molar refractivity (Wildman–Crippen MR) is 86.8 cm³/mol. The lowest BCUT2D eigenvalue weighted by molar-refractivity contribution is 0.294. The Morgan fingerprint density at radius 2 is 2.29 bits per heavy atom. The lowest BCUT2D eigenvalue weighted by atomic mass is 10.2. The van der Waals surface area contributed by atoms with E-state index in [1.165, 1.54) is 11.3 Å². The smallest absolute Gasteiger partial charge is 0.203 e. The molecule has 0 radical (unpaired) electrons. The molecule has 1 aromatic heterocycles. The number of ether oxygens (including phenoxy) is 2. The summed E-state index contributed by atoms with van der Waals surface area (Å²) in [5, 5.41) is 6.94. The van der Waals surface area contributed by atoms with Gasteiger partial charge in [-0.25, -0.2) is 4.98 Å². The maximum atomic E-state index is 5.76. The number of benzene rings is 1. The van der Waals surface area contributed by atoms with E-state index in [0.717, 1.165) is 22.8 Å². The minimum atomic E-state index is 0.639. The van der Waals surface area contributed by atoms with Crippen molar-refractivity contribution in [3.63, 3.8) is 0 Å². The predicted octanol–water partition coefficient (Wildman–Crippen LogP) is 3.69. The lowest BCUT2D eigenvalue weighted by Crippen LogP contribution is -2.01. The molecule has 0 unspecified atom stereocenters. The first-order valence-corrected chi connectivity index (χ1v) is 7.63. The van der Waals surface area contributed by atoms with Gasteiger partial charge in [-0.05, 0) is 25.5 Å². The van der Waals surface area contributed by atoms with E-state index in [4.69, 9.17) is 9.47 Å². The lowest BCUT2D eigenvalue weighted by Gasteiger charge is -2.12. The van der Waals surface area contributed by atoms with E-state index in [9.17, 15) is 0 Å². The molecule has 0 bridgehead atoms. The molecule has 0 saturated carbocycles. The van der Waals surface area contributed by atoms with Crippen molar-refractivity contribution in [2.75, 3.05) is 19.1 Å².